The number of nitrogens with zero attached hydrogens (tertiary/aromatic N) is 2. The van der Waals surface area contributed by atoms with Crippen molar-refractivity contribution < 1.29 is 9.00 Å². The molecule has 1 unspecified atom stereocenters. The molecular weight excluding hydrogens is 186 g/mol. The van der Waals surface area contributed by atoms with Crippen molar-refractivity contribution in [2.75, 3.05) is 13.3 Å². The largest absolute Gasteiger partial charge is 0.336 e. The Morgan fingerprint density at radius 2 is 2.36 bits per heavy atom. The van der Waals surface area contributed by atoms with Gasteiger partial charge in [-0.15, -0.1) is 4.40 Å². The first-order chi connectivity index (χ1) is 5.15. The summed E-state index contributed by atoms with van der Waals surface area (Å²) in [6, 6.07) is -0.386. The van der Waals surface area contributed by atoms with Crippen LogP contribution in [0, 0.1) is 0 Å². The van der Waals surface area contributed by atoms with Crippen LogP contribution in [0.15, 0.2) is 4.40 Å². The van der Waals surface area contributed by atoms with E-state index in [4.69, 9.17) is 0 Å². The van der Waals surface area contributed by atoms with Crippen molar-refractivity contribution in [3.05, 3.63) is 0 Å². The Labute approximate surface area is 71.0 Å². The molecule has 1 aliphatic rings. The number of carbonyl (C=O) groups is 1. The van der Waals surface area contributed by atoms with Crippen molar-refractivity contribution in [1.29, 1.82) is 0 Å². The van der Waals surface area contributed by atoms with E-state index in [-0.39, 0.29) is 6.03 Å². The molecule has 0 spiro atoms. The summed E-state index contributed by atoms with van der Waals surface area (Å²) in [6.45, 7) is 0. The van der Waals surface area contributed by atoms with Gasteiger partial charge >= 0.3 is 6.03 Å². The topological polar surface area (TPSA) is 61.8 Å². The SMILES string of the molecule is CSC1=NS(=O)N(C)C(=O)N1. The first-order valence-corrected chi connectivity index (χ1v) is 5.03. The van der Waals surface area contributed by atoms with E-state index in [1.807, 2.05) is 0 Å². The fourth-order valence-corrected chi connectivity index (χ4v) is 1.66. The monoisotopic (exact) mass is 193 g/mol. The van der Waals surface area contributed by atoms with Gasteiger partial charge in [-0.3, -0.25) is 5.32 Å². The van der Waals surface area contributed by atoms with E-state index in [1.54, 1.807) is 6.26 Å². The maximum atomic E-state index is 10.9. The van der Waals surface area contributed by atoms with Crippen molar-refractivity contribution in [2.24, 2.45) is 4.40 Å². The summed E-state index contributed by atoms with van der Waals surface area (Å²) in [6.07, 6.45) is 1.75. The number of hydrogen-bond donors (Lipinski definition) is 1. The third-order valence-electron chi connectivity index (χ3n) is 1.09. The minimum Gasteiger partial charge on any atom is -0.285 e. The van der Waals surface area contributed by atoms with Crippen molar-refractivity contribution in [2.45, 2.75) is 0 Å². The summed E-state index contributed by atoms with van der Waals surface area (Å²) < 4.78 is 15.7. The first-order valence-electron chi connectivity index (χ1n) is 2.74. The second-order valence-electron chi connectivity index (χ2n) is 1.76. The Morgan fingerprint density at radius 1 is 1.73 bits per heavy atom. The summed E-state index contributed by atoms with van der Waals surface area (Å²) in [5, 5.41) is 2.85. The highest BCUT2D eigenvalue weighted by atomic mass is 32.2. The lowest BCUT2D eigenvalue weighted by atomic mass is 10.9. The van der Waals surface area contributed by atoms with E-state index in [0.717, 1.165) is 4.31 Å². The lowest BCUT2D eigenvalue weighted by Gasteiger charge is -2.18. The molecule has 0 aromatic rings. The lowest BCUT2D eigenvalue weighted by molar-refractivity contribution is 0.234. The third-order valence-corrected chi connectivity index (χ3v) is 2.76. The molecule has 7 heteroatoms. The Balaban J connectivity index is 2.85. The molecule has 0 saturated heterocycles. The maximum Gasteiger partial charge on any atom is 0.336 e. The van der Waals surface area contributed by atoms with Crippen LogP contribution in [0.4, 0.5) is 4.79 Å². The average molecular weight is 193 g/mol. The Kier molecular flexibility index (Phi) is 2.50. The standard InChI is InChI=1S/C4H7N3O2S2/c1-7-4(8)5-3(10-2)6-11(7)9/h1-2H3,(H,5,6,8). The van der Waals surface area contributed by atoms with Crippen molar-refractivity contribution in [3.63, 3.8) is 0 Å². The molecule has 0 aromatic heterocycles. The van der Waals surface area contributed by atoms with Crippen LogP contribution >= 0.6 is 11.8 Å². The Hall–Kier alpha value is -0.560. The van der Waals surface area contributed by atoms with Gasteiger partial charge in [0, 0.05) is 7.05 Å². The number of nitrogens with one attached hydrogen (secondary N) is 1. The molecule has 62 valence electrons. The second kappa shape index (κ2) is 3.22. The van der Waals surface area contributed by atoms with E-state index < -0.39 is 11.2 Å². The highest BCUT2D eigenvalue weighted by Gasteiger charge is 2.21. The number of amidine groups is 1. The number of rotatable bonds is 0. The van der Waals surface area contributed by atoms with Crippen LogP contribution < -0.4 is 5.32 Å². The van der Waals surface area contributed by atoms with E-state index >= 15 is 0 Å². The maximum absolute atomic E-state index is 10.9. The molecule has 1 heterocycles. The van der Waals surface area contributed by atoms with Crippen LogP contribution in [0.5, 0.6) is 0 Å². The van der Waals surface area contributed by atoms with Crippen LogP contribution in [0.1, 0.15) is 0 Å². The van der Waals surface area contributed by atoms with E-state index in [2.05, 4.69) is 9.71 Å². The molecule has 1 aliphatic heterocycles. The highest BCUT2D eigenvalue weighted by Crippen LogP contribution is 2.06. The molecule has 5 nitrogen and oxygen atoms in total. The fourth-order valence-electron chi connectivity index (χ4n) is 0.484. The average Bonchev–Trinajstić information content (AvgIpc) is 1.99. The fraction of sp³-hybridized carbons (Fsp3) is 0.500. The molecule has 0 aromatic carbocycles. The van der Waals surface area contributed by atoms with Crippen LogP contribution in [-0.2, 0) is 11.2 Å². The second-order valence-corrected chi connectivity index (χ2v) is 3.75. The zero-order valence-corrected chi connectivity index (χ0v) is 7.66. The van der Waals surface area contributed by atoms with Gasteiger partial charge in [-0.25, -0.2) is 13.3 Å². The number of amides is 2. The lowest BCUT2D eigenvalue weighted by Crippen LogP contribution is -2.44. The molecule has 0 fully saturated rings. The molecule has 0 radical (unpaired) electrons. The summed E-state index contributed by atoms with van der Waals surface area (Å²) >= 11 is -0.303. The molecule has 0 saturated carbocycles. The molecule has 11 heavy (non-hydrogen) atoms. The minimum absolute atomic E-state index is 0.386. The predicted molar refractivity (Wildman–Crippen MR) is 45.4 cm³/mol. The summed E-state index contributed by atoms with van der Waals surface area (Å²) in [5.41, 5.74) is 0. The van der Waals surface area contributed by atoms with Gasteiger partial charge in [0.25, 0.3) is 11.2 Å². The van der Waals surface area contributed by atoms with Crippen LogP contribution in [0.3, 0.4) is 0 Å². The predicted octanol–water partition coefficient (Wildman–Crippen LogP) is -0.0609. The normalized spacial score (nSPS) is 24.5. The molecular formula is C4H7N3O2S2. The van der Waals surface area contributed by atoms with E-state index in [9.17, 15) is 9.00 Å². The zero-order chi connectivity index (χ0) is 8.43. The van der Waals surface area contributed by atoms with Gasteiger partial charge in [-0.05, 0) is 6.26 Å². The molecule has 1 N–H and O–H groups in total. The van der Waals surface area contributed by atoms with E-state index in [0.29, 0.717) is 5.17 Å². The van der Waals surface area contributed by atoms with Crippen LogP contribution in [0.2, 0.25) is 0 Å². The van der Waals surface area contributed by atoms with Gasteiger partial charge in [-0.1, -0.05) is 11.8 Å². The van der Waals surface area contributed by atoms with Crippen LogP contribution in [-0.4, -0.2) is 33.0 Å². The number of thioether (sulfide) groups is 1. The van der Waals surface area contributed by atoms with Gasteiger partial charge in [-0.2, -0.15) is 0 Å². The Bertz CT molecular complexity index is 239. The van der Waals surface area contributed by atoms with Gasteiger partial charge in [0.15, 0.2) is 5.17 Å². The highest BCUT2D eigenvalue weighted by molar-refractivity contribution is 8.13. The summed E-state index contributed by atoms with van der Waals surface area (Å²) in [7, 11) is 1.42. The Morgan fingerprint density at radius 3 is 2.82 bits per heavy atom. The first kappa shape index (κ1) is 8.54. The van der Waals surface area contributed by atoms with Gasteiger partial charge in [0.05, 0.1) is 0 Å². The van der Waals surface area contributed by atoms with E-state index in [1.165, 1.54) is 18.8 Å². The van der Waals surface area contributed by atoms with Crippen molar-refractivity contribution >= 4 is 34.1 Å². The van der Waals surface area contributed by atoms with Crippen molar-refractivity contribution in [3.8, 4) is 0 Å². The minimum atomic E-state index is -1.56. The third kappa shape index (κ3) is 1.72. The molecule has 0 aliphatic carbocycles. The number of carbonyl (C=O) groups excluding carboxylic acids is 1. The van der Waals surface area contributed by atoms with Gasteiger partial charge < -0.3 is 0 Å². The molecule has 1 atom stereocenters. The quantitative estimate of drug-likeness (QED) is 0.586. The number of urea groups is 1. The zero-order valence-electron chi connectivity index (χ0n) is 6.03. The number of hydrogen-bond acceptors (Lipinski definition) is 3. The smallest absolute Gasteiger partial charge is 0.285 e. The van der Waals surface area contributed by atoms with Gasteiger partial charge in [0.1, 0.15) is 0 Å². The molecule has 1 rings (SSSR count). The molecule has 0 bridgehead atoms. The summed E-state index contributed by atoms with van der Waals surface area (Å²) in [5.74, 6) is 0. The summed E-state index contributed by atoms with van der Waals surface area (Å²) in [4.78, 5) is 10.9. The molecule has 2 amide bonds. The van der Waals surface area contributed by atoms with Gasteiger partial charge in [0.2, 0.25) is 0 Å². The van der Waals surface area contributed by atoms with Crippen molar-refractivity contribution in [1.82, 2.24) is 9.62 Å². The van der Waals surface area contributed by atoms with Crippen LogP contribution in [0.25, 0.3) is 0 Å².